The number of carbonyl (C=O) groups is 2. The van der Waals surface area contributed by atoms with Crippen LogP contribution in [0, 0.1) is 23.0 Å². The number of imidazole rings is 1. The summed E-state index contributed by atoms with van der Waals surface area (Å²) in [5.74, 6) is -1.52. The van der Waals surface area contributed by atoms with E-state index in [1.807, 2.05) is 31.7 Å². The monoisotopic (exact) mass is 595 g/mol. The molecule has 1 amide bonds. The first-order chi connectivity index (χ1) is 20.5. The second-order valence-corrected chi connectivity index (χ2v) is 11.8. The number of pyridine rings is 1. The number of aromatic nitrogens is 4. The number of halogens is 2. The third-order valence-corrected chi connectivity index (χ3v) is 7.32. The maximum atomic E-state index is 16.2. The number of carbonyl (C=O) groups excluding carboxylic acids is 2. The number of hydrogen-bond donors (Lipinski definition) is 1. The van der Waals surface area contributed by atoms with Crippen molar-refractivity contribution in [1.29, 1.82) is 5.26 Å². The Morgan fingerprint density at radius 2 is 1.91 bits per heavy atom. The number of piperazine rings is 1. The first-order valence-corrected chi connectivity index (χ1v) is 14.3. The standard InChI is InChI=1S/C29H35F2N9O3/c1-29(2,3)43-24(42)18-37-11-13-38(14-12-37)28-25(31)27(34-20-5-4-10-39(17-20)23(41)8-9-32)35-26(36-28)21-15-33-22-7-6-19(30)16-40(21)22/h6-7,15-16,20H,4-5,8,10-14,17-18H2,1-3H3,(H,34,35,36). The number of piperidine rings is 1. The number of nitrogens with one attached hydrogen (secondary N) is 1. The Morgan fingerprint density at radius 3 is 2.63 bits per heavy atom. The number of likely N-dealkylation sites (tertiary alicyclic amines) is 1. The van der Waals surface area contributed by atoms with E-state index in [2.05, 4.69) is 20.3 Å². The van der Waals surface area contributed by atoms with Crippen molar-refractivity contribution in [3.63, 3.8) is 0 Å². The fraction of sp³-hybridized carbons (Fsp3) is 0.517. The number of ether oxygens (including phenoxy) is 1. The zero-order valence-electron chi connectivity index (χ0n) is 24.5. The van der Waals surface area contributed by atoms with E-state index in [4.69, 9.17) is 10.00 Å². The molecule has 0 spiro atoms. The van der Waals surface area contributed by atoms with E-state index in [9.17, 15) is 14.0 Å². The van der Waals surface area contributed by atoms with Crippen molar-refractivity contribution >= 4 is 29.2 Å². The van der Waals surface area contributed by atoms with Gasteiger partial charge in [0.25, 0.3) is 0 Å². The number of esters is 1. The molecule has 2 fully saturated rings. The molecular formula is C29H35F2N9O3. The summed E-state index contributed by atoms with van der Waals surface area (Å²) in [5.41, 5.74) is 0.286. The molecule has 0 aromatic carbocycles. The first-order valence-electron chi connectivity index (χ1n) is 14.3. The molecule has 14 heteroatoms. The molecule has 1 N–H and O–H groups in total. The molecule has 0 aliphatic carbocycles. The molecule has 2 aliphatic rings. The van der Waals surface area contributed by atoms with Crippen LogP contribution in [0.1, 0.15) is 40.0 Å². The molecule has 3 aromatic rings. The van der Waals surface area contributed by atoms with Crippen molar-refractivity contribution in [3.05, 3.63) is 36.2 Å². The number of nitriles is 1. The zero-order valence-corrected chi connectivity index (χ0v) is 24.5. The lowest BCUT2D eigenvalue weighted by Crippen LogP contribution is -2.49. The summed E-state index contributed by atoms with van der Waals surface area (Å²) in [6, 6.07) is 4.42. The smallest absolute Gasteiger partial charge is 0.320 e. The lowest BCUT2D eigenvalue weighted by Gasteiger charge is -2.36. The molecule has 12 nitrogen and oxygen atoms in total. The second kappa shape index (κ2) is 12.5. The Kier molecular flexibility index (Phi) is 8.72. The normalized spacial score (nSPS) is 18.0. The molecule has 2 saturated heterocycles. The zero-order chi connectivity index (χ0) is 30.7. The Labute approximate surface area is 248 Å². The van der Waals surface area contributed by atoms with Crippen molar-refractivity contribution in [2.24, 2.45) is 0 Å². The largest absolute Gasteiger partial charge is 0.459 e. The van der Waals surface area contributed by atoms with Crippen LogP contribution in [0.15, 0.2) is 24.5 Å². The molecule has 0 saturated carbocycles. The summed E-state index contributed by atoms with van der Waals surface area (Å²) >= 11 is 0. The average molecular weight is 596 g/mol. The van der Waals surface area contributed by atoms with E-state index in [1.165, 1.54) is 28.9 Å². The highest BCUT2D eigenvalue weighted by molar-refractivity contribution is 5.78. The van der Waals surface area contributed by atoms with Crippen LogP contribution in [-0.2, 0) is 14.3 Å². The van der Waals surface area contributed by atoms with Crippen LogP contribution in [-0.4, -0.2) is 98.5 Å². The molecule has 0 bridgehead atoms. The summed E-state index contributed by atoms with van der Waals surface area (Å²) in [7, 11) is 0. The molecule has 1 atom stereocenters. The van der Waals surface area contributed by atoms with Crippen molar-refractivity contribution < 1.29 is 23.1 Å². The van der Waals surface area contributed by atoms with Gasteiger partial charge in [-0.2, -0.15) is 9.65 Å². The van der Waals surface area contributed by atoms with Crippen LogP contribution in [0.25, 0.3) is 17.2 Å². The number of rotatable bonds is 7. The SMILES string of the molecule is CC(C)(C)OC(=O)CN1CCN(c2nc(-c3cnc4ccc(F)cn34)nc(NC3CCCN(C(=O)CC#N)C3)c2F)CC1. The number of fused-ring (bicyclic) bond motifs is 1. The fourth-order valence-corrected chi connectivity index (χ4v) is 5.34. The van der Waals surface area contributed by atoms with Gasteiger partial charge in [-0.05, 0) is 45.7 Å². The van der Waals surface area contributed by atoms with Gasteiger partial charge < -0.3 is 19.9 Å². The van der Waals surface area contributed by atoms with E-state index in [0.29, 0.717) is 63.5 Å². The van der Waals surface area contributed by atoms with Crippen molar-refractivity contribution in [2.75, 3.05) is 56.0 Å². The number of hydrogen-bond acceptors (Lipinski definition) is 10. The van der Waals surface area contributed by atoms with Gasteiger partial charge in [0.2, 0.25) is 11.7 Å². The maximum absolute atomic E-state index is 16.2. The van der Waals surface area contributed by atoms with Crippen LogP contribution in [0.2, 0.25) is 0 Å². The molecule has 5 rings (SSSR count). The summed E-state index contributed by atoms with van der Waals surface area (Å²) in [6.45, 7) is 8.19. The molecule has 2 aliphatic heterocycles. The van der Waals surface area contributed by atoms with Crippen molar-refractivity contribution in [3.8, 4) is 17.6 Å². The van der Waals surface area contributed by atoms with Gasteiger partial charge in [-0.1, -0.05) is 0 Å². The molecule has 5 heterocycles. The molecule has 3 aromatic heterocycles. The maximum Gasteiger partial charge on any atom is 0.320 e. The van der Waals surface area contributed by atoms with Gasteiger partial charge in [-0.15, -0.1) is 0 Å². The highest BCUT2D eigenvalue weighted by atomic mass is 19.1. The average Bonchev–Trinajstić information content (AvgIpc) is 3.37. The van der Waals surface area contributed by atoms with E-state index in [-0.39, 0.29) is 48.3 Å². The van der Waals surface area contributed by atoms with E-state index in [1.54, 1.807) is 9.80 Å². The van der Waals surface area contributed by atoms with Gasteiger partial charge >= 0.3 is 5.97 Å². The minimum absolute atomic E-state index is 0.0397. The van der Waals surface area contributed by atoms with Gasteiger partial charge in [-0.25, -0.2) is 19.3 Å². The second-order valence-electron chi connectivity index (χ2n) is 11.8. The molecule has 0 radical (unpaired) electrons. The Morgan fingerprint density at radius 1 is 1.14 bits per heavy atom. The molecule has 43 heavy (non-hydrogen) atoms. The first kappa shape index (κ1) is 30.1. The van der Waals surface area contributed by atoms with Gasteiger partial charge in [0.1, 0.15) is 29.2 Å². The summed E-state index contributed by atoms with van der Waals surface area (Å²) in [6.07, 6.45) is 3.93. The summed E-state index contributed by atoms with van der Waals surface area (Å²) in [4.78, 5) is 43.4. The highest BCUT2D eigenvalue weighted by Crippen LogP contribution is 2.30. The Bertz CT molecular complexity index is 1540. The van der Waals surface area contributed by atoms with E-state index < -0.39 is 17.2 Å². The highest BCUT2D eigenvalue weighted by Gasteiger charge is 2.29. The lowest BCUT2D eigenvalue weighted by atomic mass is 10.1. The number of nitrogens with zero attached hydrogens (tertiary/aromatic N) is 8. The minimum atomic E-state index is -0.648. The predicted molar refractivity (Wildman–Crippen MR) is 154 cm³/mol. The van der Waals surface area contributed by atoms with E-state index in [0.717, 1.165) is 0 Å². The minimum Gasteiger partial charge on any atom is -0.459 e. The van der Waals surface area contributed by atoms with Gasteiger partial charge in [0.05, 0.1) is 18.8 Å². The Hall–Kier alpha value is -4.38. The van der Waals surface area contributed by atoms with Crippen molar-refractivity contribution in [2.45, 2.75) is 51.7 Å². The van der Waals surface area contributed by atoms with Crippen LogP contribution >= 0.6 is 0 Å². The van der Waals surface area contributed by atoms with Gasteiger partial charge in [0, 0.05) is 51.5 Å². The van der Waals surface area contributed by atoms with Gasteiger partial charge in [-0.3, -0.25) is 18.9 Å². The fourth-order valence-electron chi connectivity index (χ4n) is 5.34. The van der Waals surface area contributed by atoms with Crippen LogP contribution < -0.4 is 10.2 Å². The summed E-state index contributed by atoms with van der Waals surface area (Å²) in [5, 5.41) is 12.1. The van der Waals surface area contributed by atoms with Crippen LogP contribution in [0.5, 0.6) is 0 Å². The quantitative estimate of drug-likeness (QED) is 0.407. The third kappa shape index (κ3) is 7.16. The molecule has 1 unspecified atom stereocenters. The van der Waals surface area contributed by atoms with E-state index >= 15 is 4.39 Å². The van der Waals surface area contributed by atoms with Crippen molar-refractivity contribution in [1.82, 2.24) is 29.2 Å². The molecule has 228 valence electrons. The van der Waals surface area contributed by atoms with Gasteiger partial charge in [0.15, 0.2) is 17.5 Å². The Balaban J connectivity index is 1.42. The van der Waals surface area contributed by atoms with Crippen LogP contribution in [0.3, 0.4) is 0 Å². The predicted octanol–water partition coefficient (Wildman–Crippen LogP) is 2.85. The molecular weight excluding hydrogens is 560 g/mol. The number of amides is 1. The van der Waals surface area contributed by atoms with Crippen LogP contribution in [0.4, 0.5) is 20.4 Å². The summed E-state index contributed by atoms with van der Waals surface area (Å²) < 4.78 is 37.3. The third-order valence-electron chi connectivity index (χ3n) is 7.32. The topological polar surface area (TPSA) is 132 Å². The number of anilines is 2. The lowest BCUT2D eigenvalue weighted by molar-refractivity contribution is -0.156.